The summed E-state index contributed by atoms with van der Waals surface area (Å²) in [4.78, 5) is 40.9. The van der Waals surface area contributed by atoms with Crippen molar-refractivity contribution in [3.05, 3.63) is 64.7 Å². The molecule has 6 nitrogen and oxygen atoms in total. The van der Waals surface area contributed by atoms with Crippen LogP contribution in [0.3, 0.4) is 0 Å². The number of nitrogens with zero attached hydrogens (tertiary/aromatic N) is 2. The van der Waals surface area contributed by atoms with Crippen LogP contribution in [0, 0.1) is 20.8 Å². The molecule has 0 spiro atoms. The number of carbonyl (C=O) groups excluding carboxylic acids is 3. The number of anilines is 1. The maximum Gasteiger partial charge on any atom is 0.292 e. The quantitative estimate of drug-likeness (QED) is 0.625. The Morgan fingerprint density at radius 3 is 2.28 bits per heavy atom. The summed E-state index contributed by atoms with van der Waals surface area (Å²) in [6.07, 6.45) is 0. The van der Waals surface area contributed by atoms with Crippen LogP contribution in [-0.2, 0) is 9.59 Å². The minimum Gasteiger partial charge on any atom is -0.368 e. The first-order valence-corrected chi connectivity index (χ1v) is 9.84. The molecule has 1 aliphatic heterocycles. The Bertz CT molecular complexity index is 931. The molecular weight excluding hydrogens is 366 g/mol. The number of aryl methyl sites for hydroxylation is 3. The number of ketones is 1. The summed E-state index contributed by atoms with van der Waals surface area (Å²) < 4.78 is 0. The van der Waals surface area contributed by atoms with Gasteiger partial charge in [0.15, 0.2) is 0 Å². The molecule has 0 aliphatic carbocycles. The summed E-state index contributed by atoms with van der Waals surface area (Å²) in [5, 5.41) is 2.47. The lowest BCUT2D eigenvalue weighted by molar-refractivity contribution is -0.132. The largest absolute Gasteiger partial charge is 0.368 e. The van der Waals surface area contributed by atoms with Crippen LogP contribution in [0.4, 0.5) is 5.69 Å². The molecule has 29 heavy (non-hydrogen) atoms. The smallest absolute Gasteiger partial charge is 0.292 e. The van der Waals surface area contributed by atoms with Gasteiger partial charge >= 0.3 is 0 Å². The average Bonchev–Trinajstić information content (AvgIpc) is 2.73. The van der Waals surface area contributed by atoms with Crippen molar-refractivity contribution < 1.29 is 14.4 Å². The maximum atomic E-state index is 12.4. The van der Waals surface area contributed by atoms with Crippen LogP contribution < -0.4 is 10.2 Å². The van der Waals surface area contributed by atoms with Crippen LogP contribution in [0.15, 0.2) is 42.5 Å². The zero-order valence-electron chi connectivity index (χ0n) is 17.2. The minimum absolute atomic E-state index is 0.167. The number of nitrogens with one attached hydrogen (secondary N) is 1. The van der Waals surface area contributed by atoms with Crippen LogP contribution in [0.5, 0.6) is 0 Å². The third kappa shape index (κ3) is 5.02. The predicted octanol–water partition coefficient (Wildman–Crippen LogP) is 2.26. The number of hydrogen-bond donors (Lipinski definition) is 1. The zero-order chi connectivity index (χ0) is 21.0. The number of rotatable bonds is 5. The summed E-state index contributed by atoms with van der Waals surface area (Å²) in [7, 11) is 0. The summed E-state index contributed by atoms with van der Waals surface area (Å²) in [5.74, 6) is -1.54. The summed E-state index contributed by atoms with van der Waals surface area (Å²) in [5.41, 5.74) is 4.71. The van der Waals surface area contributed by atoms with Crippen LogP contribution in [0.1, 0.15) is 27.0 Å². The van der Waals surface area contributed by atoms with Crippen LogP contribution in [-0.4, -0.2) is 55.2 Å². The van der Waals surface area contributed by atoms with Gasteiger partial charge in [-0.2, -0.15) is 0 Å². The van der Waals surface area contributed by atoms with Crippen LogP contribution in [0.25, 0.3) is 0 Å². The van der Waals surface area contributed by atoms with Gasteiger partial charge in [0.1, 0.15) is 0 Å². The van der Waals surface area contributed by atoms with Gasteiger partial charge in [-0.15, -0.1) is 0 Å². The van der Waals surface area contributed by atoms with Gasteiger partial charge in [0.2, 0.25) is 11.7 Å². The van der Waals surface area contributed by atoms with Crippen molar-refractivity contribution in [1.29, 1.82) is 0 Å². The second-order valence-corrected chi connectivity index (χ2v) is 7.52. The van der Waals surface area contributed by atoms with Crippen LogP contribution >= 0.6 is 0 Å². The first-order valence-electron chi connectivity index (χ1n) is 9.84. The van der Waals surface area contributed by atoms with Crippen molar-refractivity contribution in [2.75, 3.05) is 37.6 Å². The number of Topliss-reactive ketones (excluding diaryl/α,β-unsaturated/α-hetero) is 1. The highest BCUT2D eigenvalue weighted by molar-refractivity contribution is 6.43. The molecular formula is C23H27N3O3. The Morgan fingerprint density at radius 2 is 1.62 bits per heavy atom. The summed E-state index contributed by atoms with van der Waals surface area (Å²) in [6, 6.07) is 13.4. The monoisotopic (exact) mass is 393 g/mol. The molecule has 0 saturated carbocycles. The normalized spacial score (nSPS) is 13.9. The third-order valence-corrected chi connectivity index (χ3v) is 5.37. The van der Waals surface area contributed by atoms with Gasteiger partial charge in [-0.1, -0.05) is 24.3 Å². The topological polar surface area (TPSA) is 69.7 Å². The van der Waals surface area contributed by atoms with Gasteiger partial charge in [0.05, 0.1) is 6.54 Å². The number of hydrogen-bond acceptors (Lipinski definition) is 4. The number of carbonyl (C=O) groups is 3. The fourth-order valence-electron chi connectivity index (χ4n) is 3.40. The molecule has 2 aromatic carbocycles. The van der Waals surface area contributed by atoms with Gasteiger partial charge in [0.25, 0.3) is 5.91 Å². The predicted molar refractivity (Wildman–Crippen MR) is 113 cm³/mol. The second-order valence-electron chi connectivity index (χ2n) is 7.52. The SMILES string of the molecule is Cc1cccc(N2CCN(C(=O)CNC(=O)C(=O)c3ccc(C)c(C)c3)CC2)c1. The van der Waals surface area contributed by atoms with Crippen molar-refractivity contribution in [3.8, 4) is 0 Å². The third-order valence-electron chi connectivity index (χ3n) is 5.37. The highest BCUT2D eigenvalue weighted by atomic mass is 16.2. The van der Waals surface area contributed by atoms with E-state index in [9.17, 15) is 14.4 Å². The van der Waals surface area contributed by atoms with Gasteiger partial charge in [-0.05, 0) is 55.7 Å². The Hall–Kier alpha value is -3.15. The Balaban J connectivity index is 1.49. The van der Waals surface area contributed by atoms with E-state index in [-0.39, 0.29) is 12.5 Å². The molecule has 3 rings (SSSR count). The van der Waals surface area contributed by atoms with Crippen molar-refractivity contribution in [2.24, 2.45) is 0 Å². The van der Waals surface area contributed by atoms with Gasteiger partial charge < -0.3 is 15.1 Å². The standard InChI is InChI=1S/C23H27N3O3/c1-16-5-4-6-20(13-16)25-9-11-26(12-10-25)21(27)15-24-23(29)22(28)19-8-7-17(2)18(3)14-19/h4-8,13-14H,9-12,15H2,1-3H3,(H,24,29). The molecule has 0 radical (unpaired) electrons. The molecule has 152 valence electrons. The number of amides is 2. The molecule has 0 unspecified atom stereocenters. The van der Waals surface area contributed by atoms with Crippen molar-refractivity contribution in [1.82, 2.24) is 10.2 Å². The molecule has 0 bridgehead atoms. The summed E-state index contributed by atoms with van der Waals surface area (Å²) in [6.45, 7) is 8.40. The highest BCUT2D eigenvalue weighted by Gasteiger charge is 2.23. The summed E-state index contributed by atoms with van der Waals surface area (Å²) >= 11 is 0. The molecule has 1 aliphatic rings. The lowest BCUT2D eigenvalue weighted by atomic mass is 10.0. The fraction of sp³-hybridized carbons (Fsp3) is 0.348. The fourth-order valence-corrected chi connectivity index (χ4v) is 3.40. The van der Waals surface area contributed by atoms with E-state index in [1.165, 1.54) is 5.56 Å². The minimum atomic E-state index is -0.750. The Labute approximate surface area is 171 Å². The molecule has 2 amide bonds. The number of benzene rings is 2. The van der Waals surface area contributed by atoms with Crippen LogP contribution in [0.2, 0.25) is 0 Å². The van der Waals surface area contributed by atoms with Crippen molar-refractivity contribution in [2.45, 2.75) is 20.8 Å². The van der Waals surface area contributed by atoms with E-state index in [1.807, 2.05) is 26.0 Å². The van der Waals surface area contributed by atoms with E-state index in [0.717, 1.165) is 29.9 Å². The van der Waals surface area contributed by atoms with E-state index in [4.69, 9.17) is 0 Å². The lowest BCUT2D eigenvalue weighted by Crippen LogP contribution is -2.51. The highest BCUT2D eigenvalue weighted by Crippen LogP contribution is 2.17. The first kappa shape index (κ1) is 20.6. The van der Waals surface area contributed by atoms with E-state index >= 15 is 0 Å². The first-order chi connectivity index (χ1) is 13.8. The molecule has 0 atom stereocenters. The number of piperazine rings is 1. The second kappa shape index (κ2) is 8.90. The molecule has 1 heterocycles. The molecule has 6 heteroatoms. The Kier molecular flexibility index (Phi) is 6.32. The Morgan fingerprint density at radius 1 is 0.897 bits per heavy atom. The van der Waals surface area contributed by atoms with Gasteiger partial charge in [-0.3, -0.25) is 14.4 Å². The molecule has 2 aromatic rings. The molecule has 1 N–H and O–H groups in total. The van der Waals surface area contributed by atoms with Crippen molar-refractivity contribution >= 4 is 23.3 Å². The van der Waals surface area contributed by atoms with E-state index in [1.54, 1.807) is 17.0 Å². The average molecular weight is 393 g/mol. The molecule has 1 fully saturated rings. The zero-order valence-corrected chi connectivity index (χ0v) is 17.2. The lowest BCUT2D eigenvalue weighted by Gasteiger charge is -2.36. The molecule has 0 aromatic heterocycles. The van der Waals surface area contributed by atoms with Gasteiger partial charge in [0, 0.05) is 37.4 Å². The van der Waals surface area contributed by atoms with Crippen molar-refractivity contribution in [3.63, 3.8) is 0 Å². The van der Waals surface area contributed by atoms with E-state index in [0.29, 0.717) is 18.7 Å². The maximum absolute atomic E-state index is 12.4. The van der Waals surface area contributed by atoms with Gasteiger partial charge in [-0.25, -0.2) is 0 Å². The van der Waals surface area contributed by atoms with E-state index < -0.39 is 11.7 Å². The van der Waals surface area contributed by atoms with E-state index in [2.05, 4.69) is 35.3 Å². The molecule has 1 saturated heterocycles.